The highest BCUT2D eigenvalue weighted by Gasteiger charge is 2.34. The van der Waals surface area contributed by atoms with Gasteiger partial charge in [-0.05, 0) is 55.2 Å². The Labute approximate surface area is 182 Å². The first-order valence-electron chi connectivity index (χ1n) is 10.4. The van der Waals surface area contributed by atoms with Gasteiger partial charge in [0.25, 0.3) is 11.1 Å². The van der Waals surface area contributed by atoms with E-state index in [0.29, 0.717) is 36.0 Å². The van der Waals surface area contributed by atoms with Crippen LogP contribution >= 0.6 is 11.8 Å². The molecule has 1 atom stereocenters. The molecule has 0 aliphatic carbocycles. The second kappa shape index (κ2) is 10.7. The van der Waals surface area contributed by atoms with Gasteiger partial charge in [-0.25, -0.2) is 0 Å². The van der Waals surface area contributed by atoms with Gasteiger partial charge < -0.3 is 14.2 Å². The molecule has 2 saturated heterocycles. The van der Waals surface area contributed by atoms with E-state index in [-0.39, 0.29) is 17.4 Å². The van der Waals surface area contributed by atoms with Gasteiger partial charge in [0.2, 0.25) is 0 Å². The van der Waals surface area contributed by atoms with Crippen molar-refractivity contribution in [2.45, 2.75) is 51.7 Å². The number of nitrogens with zero attached hydrogens (tertiary/aromatic N) is 1. The molecule has 1 aromatic rings. The van der Waals surface area contributed by atoms with Crippen LogP contribution in [0.15, 0.2) is 29.7 Å². The van der Waals surface area contributed by atoms with Gasteiger partial charge in [0.1, 0.15) is 11.5 Å². The third-order valence-electron chi connectivity index (χ3n) is 5.07. The number of hydrogen-bond donors (Lipinski definition) is 0. The van der Waals surface area contributed by atoms with Gasteiger partial charge in [0, 0.05) is 24.6 Å². The van der Waals surface area contributed by atoms with Gasteiger partial charge in [0.15, 0.2) is 6.29 Å². The van der Waals surface area contributed by atoms with E-state index >= 15 is 0 Å². The molecule has 2 fully saturated rings. The van der Waals surface area contributed by atoms with Crippen molar-refractivity contribution in [3.63, 3.8) is 0 Å². The maximum absolute atomic E-state index is 12.7. The molecule has 2 aliphatic heterocycles. The van der Waals surface area contributed by atoms with Gasteiger partial charge in [-0.2, -0.15) is 0 Å². The van der Waals surface area contributed by atoms with Crippen LogP contribution < -0.4 is 9.47 Å². The smallest absolute Gasteiger partial charge is 0.293 e. The predicted octanol–water partition coefficient (Wildman–Crippen LogP) is 5.17. The minimum atomic E-state index is -0.270. The highest BCUT2D eigenvalue weighted by Crippen LogP contribution is 2.37. The number of carbonyl (C=O) groups is 2. The molecule has 0 radical (unpaired) electrons. The molecule has 2 aliphatic rings. The quantitative estimate of drug-likeness (QED) is 0.397. The molecule has 1 aromatic carbocycles. The summed E-state index contributed by atoms with van der Waals surface area (Å²) in [6.07, 6.45) is 8.56. The topological polar surface area (TPSA) is 65.1 Å². The molecule has 0 aromatic heterocycles. The third-order valence-corrected chi connectivity index (χ3v) is 5.98. The molecule has 30 heavy (non-hydrogen) atoms. The van der Waals surface area contributed by atoms with Crippen molar-refractivity contribution in [2.75, 3.05) is 20.3 Å². The van der Waals surface area contributed by atoms with E-state index < -0.39 is 0 Å². The molecule has 0 saturated carbocycles. The van der Waals surface area contributed by atoms with Crippen molar-refractivity contribution < 1.29 is 23.8 Å². The van der Waals surface area contributed by atoms with Crippen molar-refractivity contribution in [3.8, 4) is 11.5 Å². The first-order valence-corrected chi connectivity index (χ1v) is 11.2. The third kappa shape index (κ3) is 5.26. The van der Waals surface area contributed by atoms with Crippen molar-refractivity contribution in [1.29, 1.82) is 0 Å². The molecule has 0 bridgehead atoms. The lowest BCUT2D eigenvalue weighted by molar-refractivity contribution is -0.122. The number of unbranched alkanes of at least 4 members (excludes halogenated alkanes) is 1. The van der Waals surface area contributed by atoms with E-state index in [0.717, 1.165) is 55.0 Å². The SMILES string of the molecule is C=CCc1cc(/C=C2\SC(=O)N(CCCC)C2=O)c(OC)cc1OC1CCCCO1. The summed E-state index contributed by atoms with van der Waals surface area (Å²) in [6.45, 7) is 7.02. The summed E-state index contributed by atoms with van der Waals surface area (Å²) in [7, 11) is 1.58. The first-order chi connectivity index (χ1) is 14.6. The van der Waals surface area contributed by atoms with E-state index in [1.165, 1.54) is 4.90 Å². The molecule has 2 heterocycles. The van der Waals surface area contributed by atoms with Crippen LogP contribution in [0.5, 0.6) is 11.5 Å². The number of allylic oxidation sites excluding steroid dienone is 1. The van der Waals surface area contributed by atoms with Gasteiger partial charge in [-0.1, -0.05) is 19.4 Å². The number of rotatable bonds is 9. The highest BCUT2D eigenvalue weighted by molar-refractivity contribution is 8.18. The van der Waals surface area contributed by atoms with Gasteiger partial charge in [0.05, 0.1) is 18.6 Å². The Kier molecular flexibility index (Phi) is 7.99. The molecule has 0 spiro atoms. The average Bonchev–Trinajstić information content (AvgIpc) is 3.01. The van der Waals surface area contributed by atoms with E-state index in [4.69, 9.17) is 14.2 Å². The Balaban J connectivity index is 1.89. The monoisotopic (exact) mass is 431 g/mol. The molecule has 2 amide bonds. The van der Waals surface area contributed by atoms with Crippen molar-refractivity contribution >= 4 is 29.0 Å². The molecule has 7 heteroatoms. The fraction of sp³-hybridized carbons (Fsp3) is 0.478. The van der Waals surface area contributed by atoms with Crippen LogP contribution in [0.4, 0.5) is 4.79 Å². The van der Waals surface area contributed by atoms with Crippen LogP contribution in [-0.4, -0.2) is 42.6 Å². The lowest BCUT2D eigenvalue weighted by atomic mass is 10.0. The van der Waals surface area contributed by atoms with Crippen LogP contribution in [0.3, 0.4) is 0 Å². The maximum atomic E-state index is 12.7. The summed E-state index contributed by atoms with van der Waals surface area (Å²) in [5.41, 5.74) is 1.66. The molecule has 1 unspecified atom stereocenters. The molecular formula is C23H29NO5S. The van der Waals surface area contributed by atoms with Crippen LogP contribution in [-0.2, 0) is 16.0 Å². The van der Waals surface area contributed by atoms with Crippen LogP contribution in [0.2, 0.25) is 0 Å². The Bertz CT molecular complexity index is 829. The Hall–Kier alpha value is -2.25. The standard InChI is InChI=1S/C23H29NO5S/c1-4-6-11-24-22(25)20(30-23(24)26)14-17-13-16(9-5-2)19(15-18(17)27-3)29-21-10-7-8-12-28-21/h5,13-15,21H,2,4,6-12H2,1,3H3/b20-14-. The number of benzene rings is 1. The minimum Gasteiger partial charge on any atom is -0.496 e. The second-order valence-corrected chi connectivity index (χ2v) is 8.29. The number of carbonyl (C=O) groups excluding carboxylic acids is 2. The van der Waals surface area contributed by atoms with E-state index in [2.05, 4.69) is 6.58 Å². The zero-order chi connectivity index (χ0) is 21.5. The predicted molar refractivity (Wildman–Crippen MR) is 119 cm³/mol. The number of hydrogen-bond acceptors (Lipinski definition) is 6. The lowest BCUT2D eigenvalue weighted by Crippen LogP contribution is -2.29. The molecule has 0 N–H and O–H groups in total. The summed E-state index contributed by atoms with van der Waals surface area (Å²) >= 11 is 0.970. The fourth-order valence-corrected chi connectivity index (χ4v) is 4.29. The summed E-state index contributed by atoms with van der Waals surface area (Å²) in [6, 6.07) is 3.75. The zero-order valence-corrected chi connectivity index (χ0v) is 18.5. The number of imide groups is 1. The molecule has 162 valence electrons. The Morgan fingerprint density at radius 2 is 2.13 bits per heavy atom. The number of methoxy groups -OCH3 is 1. The average molecular weight is 432 g/mol. The number of ether oxygens (including phenoxy) is 3. The number of thioether (sulfide) groups is 1. The van der Waals surface area contributed by atoms with Crippen molar-refractivity contribution in [1.82, 2.24) is 4.90 Å². The summed E-state index contributed by atoms with van der Waals surface area (Å²) in [5.74, 6) is 1.02. The first kappa shape index (κ1) is 22.4. The Morgan fingerprint density at radius 1 is 1.30 bits per heavy atom. The number of amides is 2. The van der Waals surface area contributed by atoms with E-state index in [9.17, 15) is 9.59 Å². The van der Waals surface area contributed by atoms with Gasteiger partial charge in [-0.3, -0.25) is 14.5 Å². The highest BCUT2D eigenvalue weighted by atomic mass is 32.2. The van der Waals surface area contributed by atoms with E-state index in [1.807, 2.05) is 19.1 Å². The van der Waals surface area contributed by atoms with Crippen LogP contribution in [0, 0.1) is 0 Å². The summed E-state index contributed by atoms with van der Waals surface area (Å²) in [4.78, 5) is 26.6. The van der Waals surface area contributed by atoms with Crippen LogP contribution in [0.25, 0.3) is 6.08 Å². The Morgan fingerprint density at radius 3 is 2.80 bits per heavy atom. The van der Waals surface area contributed by atoms with E-state index in [1.54, 1.807) is 19.3 Å². The van der Waals surface area contributed by atoms with Crippen LogP contribution in [0.1, 0.15) is 50.2 Å². The summed E-state index contributed by atoms with van der Waals surface area (Å²) in [5, 5.41) is -0.223. The fourth-order valence-electron chi connectivity index (χ4n) is 3.44. The largest absolute Gasteiger partial charge is 0.496 e. The molecular weight excluding hydrogens is 402 g/mol. The maximum Gasteiger partial charge on any atom is 0.293 e. The minimum absolute atomic E-state index is 0.223. The van der Waals surface area contributed by atoms with Gasteiger partial charge in [-0.15, -0.1) is 6.58 Å². The summed E-state index contributed by atoms with van der Waals surface area (Å²) < 4.78 is 17.4. The van der Waals surface area contributed by atoms with Gasteiger partial charge >= 0.3 is 0 Å². The zero-order valence-electron chi connectivity index (χ0n) is 17.6. The van der Waals surface area contributed by atoms with Crippen molar-refractivity contribution in [3.05, 3.63) is 40.8 Å². The molecule has 3 rings (SSSR count). The lowest BCUT2D eigenvalue weighted by Gasteiger charge is -2.25. The normalized spacial score (nSPS) is 20.7. The second-order valence-electron chi connectivity index (χ2n) is 7.30. The van der Waals surface area contributed by atoms with Crippen molar-refractivity contribution in [2.24, 2.45) is 0 Å². The molecule has 6 nitrogen and oxygen atoms in total.